The van der Waals surface area contributed by atoms with Gasteiger partial charge in [-0.05, 0) is 0 Å². The fraction of sp³-hybridized carbons (Fsp3) is 0.250. The Morgan fingerprint density at radius 2 is 1.73 bits per heavy atom. The first-order valence-corrected chi connectivity index (χ1v) is 5.24. The van der Waals surface area contributed by atoms with Gasteiger partial charge in [-0.1, -0.05) is 0 Å². The van der Waals surface area contributed by atoms with E-state index < -0.39 is 0 Å². The van der Waals surface area contributed by atoms with E-state index in [4.69, 9.17) is 9.47 Å². The zero-order chi connectivity index (χ0) is 7.68. The molecule has 0 radical (unpaired) electrons. The van der Waals surface area contributed by atoms with Crippen LogP contribution in [0.2, 0.25) is 5.21 Å². The van der Waals surface area contributed by atoms with Crippen LogP contribution in [-0.4, -0.2) is 23.1 Å². The number of rotatable bonds is 1. The van der Waals surface area contributed by atoms with E-state index in [0.717, 1.165) is 16.7 Å². The molecule has 3 heteroatoms. The van der Waals surface area contributed by atoms with Crippen LogP contribution in [0.4, 0.5) is 0 Å². The van der Waals surface area contributed by atoms with Gasteiger partial charge in [0, 0.05) is 0 Å². The molecular weight excluding hydrogens is 203 g/mol. The molecule has 1 aliphatic rings. The first-order valence-electron chi connectivity index (χ1n) is 3.52. The van der Waals surface area contributed by atoms with Crippen LogP contribution >= 0.6 is 0 Å². The fourth-order valence-corrected chi connectivity index (χ4v) is 1.45. The molecule has 1 heterocycles. The Morgan fingerprint density at radius 3 is 2.18 bits per heavy atom. The van der Waals surface area contributed by atoms with E-state index in [1.165, 1.54) is 0 Å². The minimum atomic E-state index is -0.0487. The average Bonchev–Trinajstić information content (AvgIpc) is 2.46. The van der Waals surface area contributed by atoms with Gasteiger partial charge in [0.05, 0.1) is 0 Å². The predicted octanol–water partition coefficient (Wildman–Crippen LogP) is 0.835. The van der Waals surface area contributed by atoms with Crippen molar-refractivity contribution >= 4 is 16.9 Å². The maximum atomic E-state index is 5.45. The zero-order valence-corrected chi connectivity index (χ0v) is 8.41. The van der Waals surface area contributed by atoms with Crippen LogP contribution < -0.4 is 9.47 Å². The molecule has 1 unspecified atom stereocenters. The van der Waals surface area contributed by atoms with Gasteiger partial charge < -0.3 is 0 Å². The molecule has 2 rings (SSSR count). The van der Waals surface area contributed by atoms with Crippen molar-refractivity contribution in [3.63, 3.8) is 0 Å². The third-order valence-electron chi connectivity index (χ3n) is 1.56. The van der Waals surface area contributed by atoms with Crippen molar-refractivity contribution < 1.29 is 9.47 Å². The predicted molar refractivity (Wildman–Crippen MR) is 44.8 cm³/mol. The number of fused-ring (bicyclic) bond motifs is 1. The van der Waals surface area contributed by atoms with Crippen molar-refractivity contribution in [3.05, 3.63) is 24.3 Å². The summed E-state index contributed by atoms with van der Waals surface area (Å²) in [5.74, 6) is 1.74. The van der Waals surface area contributed by atoms with Gasteiger partial charge in [-0.3, -0.25) is 0 Å². The van der Waals surface area contributed by atoms with E-state index in [1.54, 1.807) is 16.9 Å². The van der Waals surface area contributed by atoms with Crippen molar-refractivity contribution in [2.24, 2.45) is 0 Å². The van der Waals surface area contributed by atoms with Gasteiger partial charge in [0.2, 0.25) is 0 Å². The molecule has 0 amide bonds. The fourth-order valence-electron chi connectivity index (χ4n) is 1.05. The second-order valence-electron chi connectivity index (χ2n) is 2.35. The summed E-state index contributed by atoms with van der Waals surface area (Å²) in [6.45, 7) is 0. The molecule has 0 N–H and O–H groups in total. The third-order valence-corrected chi connectivity index (χ3v) is 2.37. The number of para-hydroxylation sites is 2. The summed E-state index contributed by atoms with van der Waals surface area (Å²) in [4.78, 5) is 0. The van der Waals surface area contributed by atoms with Gasteiger partial charge in [-0.2, -0.15) is 0 Å². The van der Waals surface area contributed by atoms with E-state index in [9.17, 15) is 0 Å². The molecule has 0 bridgehead atoms. The number of benzene rings is 1. The van der Waals surface area contributed by atoms with Crippen molar-refractivity contribution in [2.75, 3.05) is 0 Å². The number of hydrogen-bond donors (Lipinski definition) is 0. The van der Waals surface area contributed by atoms with Crippen LogP contribution in [0.15, 0.2) is 24.3 Å². The second kappa shape index (κ2) is 2.78. The van der Waals surface area contributed by atoms with Crippen LogP contribution in [0.1, 0.15) is 0 Å². The molecule has 1 aliphatic heterocycles. The molecule has 0 aliphatic carbocycles. The summed E-state index contributed by atoms with van der Waals surface area (Å²) in [7, 11) is 0. The molecule has 11 heavy (non-hydrogen) atoms. The van der Waals surface area contributed by atoms with Gasteiger partial charge >= 0.3 is 73.6 Å². The monoisotopic (exact) mass is 212 g/mol. The summed E-state index contributed by atoms with van der Waals surface area (Å²) in [6, 6.07) is 7.76. The van der Waals surface area contributed by atoms with Crippen molar-refractivity contribution in [1.29, 1.82) is 0 Å². The Balaban J connectivity index is 2.27. The Morgan fingerprint density at radius 1 is 1.18 bits per heavy atom. The van der Waals surface area contributed by atoms with Crippen LogP contribution in [0.5, 0.6) is 11.5 Å². The normalized spacial score (nSPS) is 15.4. The van der Waals surface area contributed by atoms with Crippen LogP contribution in [0.3, 0.4) is 0 Å². The summed E-state index contributed by atoms with van der Waals surface area (Å²) in [6.07, 6.45) is -0.0487. The van der Waals surface area contributed by atoms with Crippen LogP contribution in [-0.2, 0) is 0 Å². The Bertz CT molecular complexity index is 237. The van der Waals surface area contributed by atoms with E-state index in [-0.39, 0.29) is 6.29 Å². The quantitative estimate of drug-likeness (QED) is 0.642. The van der Waals surface area contributed by atoms with Gasteiger partial charge in [0.15, 0.2) is 0 Å². The van der Waals surface area contributed by atoms with Crippen LogP contribution in [0, 0.1) is 0 Å². The third kappa shape index (κ3) is 1.23. The van der Waals surface area contributed by atoms with Gasteiger partial charge in [0.1, 0.15) is 0 Å². The molecule has 1 aromatic rings. The number of hydrogen-bond acceptors (Lipinski definition) is 2. The molecule has 58 valence electrons. The van der Waals surface area contributed by atoms with E-state index in [1.807, 2.05) is 24.3 Å². The van der Waals surface area contributed by atoms with E-state index >= 15 is 0 Å². The standard InChI is InChI=1S/C8H9AsO2/c9-5-8-10-6-3-1-2-4-7(6)11-8/h1-4,8H,5,9H2. The number of ether oxygens (including phenoxy) is 2. The molecule has 1 atom stereocenters. The van der Waals surface area contributed by atoms with E-state index in [2.05, 4.69) is 0 Å². The molecule has 0 saturated carbocycles. The topological polar surface area (TPSA) is 18.5 Å². The Labute approximate surface area is 74.0 Å². The molecule has 0 aromatic heterocycles. The maximum absolute atomic E-state index is 5.45. The zero-order valence-electron chi connectivity index (χ0n) is 5.99. The molecule has 0 fully saturated rings. The molecule has 1 aromatic carbocycles. The summed E-state index contributed by atoms with van der Waals surface area (Å²) in [5, 5.41) is 0.946. The molecular formula is C8H9AsO2. The Kier molecular flexibility index (Phi) is 1.78. The average molecular weight is 212 g/mol. The van der Waals surface area contributed by atoms with Crippen LogP contribution in [0.25, 0.3) is 0 Å². The van der Waals surface area contributed by atoms with Gasteiger partial charge in [-0.25, -0.2) is 0 Å². The van der Waals surface area contributed by atoms with Gasteiger partial charge in [-0.15, -0.1) is 0 Å². The summed E-state index contributed by atoms with van der Waals surface area (Å²) in [5.41, 5.74) is 0. The minimum absolute atomic E-state index is 0.0487. The van der Waals surface area contributed by atoms with Crippen molar-refractivity contribution in [3.8, 4) is 11.5 Å². The molecule has 0 saturated heterocycles. The first-order chi connectivity index (χ1) is 5.40. The molecule has 0 spiro atoms. The van der Waals surface area contributed by atoms with Crippen molar-refractivity contribution in [1.82, 2.24) is 0 Å². The van der Waals surface area contributed by atoms with Crippen molar-refractivity contribution in [2.45, 2.75) is 11.5 Å². The van der Waals surface area contributed by atoms with Gasteiger partial charge in [0.25, 0.3) is 0 Å². The Hall–Kier alpha value is -0.622. The second-order valence-corrected chi connectivity index (χ2v) is 3.34. The summed E-state index contributed by atoms with van der Waals surface area (Å²) >= 11 is 1.62. The SMILES string of the molecule is [AsH2]CC1Oc2ccccc2O1. The summed E-state index contributed by atoms with van der Waals surface area (Å²) < 4.78 is 10.9. The molecule has 2 nitrogen and oxygen atoms in total. The first kappa shape index (κ1) is 7.05. The van der Waals surface area contributed by atoms with E-state index in [0.29, 0.717) is 0 Å².